The summed E-state index contributed by atoms with van der Waals surface area (Å²) < 4.78 is 6.15. The third-order valence-electron chi connectivity index (χ3n) is 2.24. The first-order valence-corrected chi connectivity index (χ1v) is 7.07. The number of ether oxygens (including phenoxy) is 1. The van der Waals surface area contributed by atoms with Gasteiger partial charge in [-0.1, -0.05) is 17.7 Å². The van der Waals surface area contributed by atoms with Gasteiger partial charge in [-0.3, -0.25) is 0 Å². The first-order chi connectivity index (χ1) is 8.58. The van der Waals surface area contributed by atoms with Crippen molar-refractivity contribution in [2.45, 2.75) is 6.61 Å². The van der Waals surface area contributed by atoms with Crippen molar-refractivity contribution in [2.24, 2.45) is 0 Å². The zero-order chi connectivity index (χ0) is 13.1. The smallest absolute Gasteiger partial charge is 0.340 e. The summed E-state index contributed by atoms with van der Waals surface area (Å²) in [5.41, 5.74) is 6.26. The molecule has 94 valence electrons. The van der Waals surface area contributed by atoms with E-state index in [1.165, 1.54) is 11.3 Å². The Kier molecular flexibility index (Phi) is 4.27. The van der Waals surface area contributed by atoms with Crippen molar-refractivity contribution in [3.8, 4) is 0 Å². The molecule has 2 N–H and O–H groups in total. The van der Waals surface area contributed by atoms with E-state index in [1.54, 1.807) is 18.2 Å². The number of thiophene rings is 1. The van der Waals surface area contributed by atoms with Gasteiger partial charge in [0.05, 0.1) is 16.3 Å². The van der Waals surface area contributed by atoms with Gasteiger partial charge in [-0.05, 0) is 34.1 Å². The topological polar surface area (TPSA) is 52.3 Å². The van der Waals surface area contributed by atoms with Crippen LogP contribution in [0.5, 0.6) is 0 Å². The van der Waals surface area contributed by atoms with Crippen molar-refractivity contribution in [1.29, 1.82) is 0 Å². The lowest BCUT2D eigenvalue weighted by Crippen LogP contribution is -2.08. The summed E-state index contributed by atoms with van der Waals surface area (Å²) in [5, 5.41) is 2.28. The Balaban J connectivity index is 2.06. The number of nitrogen functional groups attached to an aromatic ring is 1. The van der Waals surface area contributed by atoms with Gasteiger partial charge in [-0.15, -0.1) is 11.3 Å². The number of esters is 1. The van der Waals surface area contributed by atoms with Crippen LogP contribution in [-0.2, 0) is 11.3 Å². The fraction of sp³-hybridized carbons (Fsp3) is 0.0833. The zero-order valence-electron chi connectivity index (χ0n) is 9.15. The average Bonchev–Trinajstić information content (AvgIpc) is 2.76. The van der Waals surface area contributed by atoms with Gasteiger partial charge in [0.25, 0.3) is 0 Å². The maximum Gasteiger partial charge on any atom is 0.340 e. The summed E-state index contributed by atoms with van der Waals surface area (Å²) in [6.07, 6.45) is 0. The molecular weight excluding hydrogens is 338 g/mol. The van der Waals surface area contributed by atoms with E-state index in [0.29, 0.717) is 5.02 Å². The van der Waals surface area contributed by atoms with Crippen molar-refractivity contribution in [2.75, 3.05) is 5.73 Å². The van der Waals surface area contributed by atoms with Crippen molar-refractivity contribution in [3.05, 3.63) is 49.6 Å². The molecule has 0 saturated heterocycles. The standard InChI is InChI=1S/C12H9BrClNO2S/c13-7-4-8(18-6-7)5-17-12(16)9-2-1-3-10(14)11(9)15/h1-4,6H,5,15H2. The molecule has 1 aromatic heterocycles. The van der Waals surface area contributed by atoms with Gasteiger partial charge in [0.1, 0.15) is 6.61 Å². The van der Waals surface area contributed by atoms with E-state index >= 15 is 0 Å². The summed E-state index contributed by atoms with van der Waals surface area (Å²) in [5.74, 6) is -0.473. The van der Waals surface area contributed by atoms with Crippen molar-refractivity contribution < 1.29 is 9.53 Å². The van der Waals surface area contributed by atoms with Crippen molar-refractivity contribution >= 4 is 50.5 Å². The number of rotatable bonds is 3. The van der Waals surface area contributed by atoms with Crippen LogP contribution in [0.3, 0.4) is 0 Å². The van der Waals surface area contributed by atoms with Crippen LogP contribution in [0.1, 0.15) is 15.2 Å². The van der Waals surface area contributed by atoms with Crippen LogP contribution in [0.25, 0.3) is 0 Å². The maximum atomic E-state index is 11.8. The van der Waals surface area contributed by atoms with Crippen molar-refractivity contribution in [1.82, 2.24) is 0 Å². The number of hydrogen-bond donors (Lipinski definition) is 1. The molecule has 3 nitrogen and oxygen atoms in total. The minimum Gasteiger partial charge on any atom is -0.456 e. The second-order valence-corrected chi connectivity index (χ2v) is 5.83. The fourth-order valence-corrected chi connectivity index (χ4v) is 2.90. The Morgan fingerprint density at radius 2 is 2.28 bits per heavy atom. The Morgan fingerprint density at radius 3 is 2.94 bits per heavy atom. The Morgan fingerprint density at radius 1 is 1.50 bits per heavy atom. The number of hydrogen-bond acceptors (Lipinski definition) is 4. The average molecular weight is 347 g/mol. The van der Waals surface area contributed by atoms with Gasteiger partial charge >= 0.3 is 5.97 Å². The molecule has 0 aliphatic heterocycles. The van der Waals surface area contributed by atoms with Crippen LogP contribution in [0.2, 0.25) is 5.02 Å². The number of benzene rings is 1. The Bertz CT molecular complexity index is 585. The van der Waals surface area contributed by atoms with E-state index in [1.807, 2.05) is 11.4 Å². The molecule has 0 saturated carbocycles. The Labute approximate surface area is 122 Å². The third kappa shape index (κ3) is 3.04. The normalized spacial score (nSPS) is 10.3. The predicted molar refractivity (Wildman–Crippen MR) is 77.0 cm³/mol. The molecule has 2 aromatic rings. The van der Waals surface area contributed by atoms with Crippen LogP contribution in [0.4, 0.5) is 5.69 Å². The van der Waals surface area contributed by atoms with Crippen LogP contribution < -0.4 is 5.73 Å². The molecule has 0 fully saturated rings. The van der Waals surface area contributed by atoms with E-state index in [9.17, 15) is 4.79 Å². The summed E-state index contributed by atoms with van der Waals surface area (Å²) >= 11 is 10.7. The molecule has 0 atom stereocenters. The summed E-state index contributed by atoms with van der Waals surface area (Å²) in [6, 6.07) is 6.79. The number of nitrogens with two attached hydrogens (primary N) is 1. The predicted octanol–water partition coefficient (Wildman–Crippen LogP) is 4.10. The summed E-state index contributed by atoms with van der Waals surface area (Å²) in [6.45, 7) is 0.223. The fourth-order valence-electron chi connectivity index (χ4n) is 1.36. The molecule has 0 amide bonds. The van der Waals surface area contributed by atoms with Gasteiger partial charge in [-0.25, -0.2) is 4.79 Å². The SMILES string of the molecule is Nc1c(Cl)cccc1C(=O)OCc1cc(Br)cs1. The van der Waals surface area contributed by atoms with E-state index in [0.717, 1.165) is 9.35 Å². The second-order valence-electron chi connectivity index (χ2n) is 3.51. The molecule has 0 aliphatic carbocycles. The molecular formula is C12H9BrClNO2S. The van der Waals surface area contributed by atoms with Gasteiger partial charge in [-0.2, -0.15) is 0 Å². The van der Waals surface area contributed by atoms with E-state index in [4.69, 9.17) is 22.1 Å². The number of carbonyl (C=O) groups is 1. The molecule has 0 unspecified atom stereocenters. The lowest BCUT2D eigenvalue weighted by molar-refractivity contribution is 0.0478. The van der Waals surface area contributed by atoms with Crippen molar-refractivity contribution in [3.63, 3.8) is 0 Å². The van der Waals surface area contributed by atoms with E-state index in [2.05, 4.69) is 15.9 Å². The first-order valence-electron chi connectivity index (χ1n) is 5.02. The lowest BCUT2D eigenvalue weighted by atomic mass is 10.2. The summed E-state index contributed by atoms with van der Waals surface area (Å²) in [7, 11) is 0. The lowest BCUT2D eigenvalue weighted by Gasteiger charge is -2.06. The molecule has 0 aliphatic rings. The number of anilines is 1. The largest absolute Gasteiger partial charge is 0.456 e. The van der Waals surface area contributed by atoms with E-state index in [-0.39, 0.29) is 17.9 Å². The van der Waals surface area contributed by atoms with Gasteiger partial charge in [0.2, 0.25) is 0 Å². The number of carbonyl (C=O) groups excluding carboxylic acids is 1. The minimum absolute atomic E-state index is 0.223. The zero-order valence-corrected chi connectivity index (χ0v) is 12.3. The molecule has 0 radical (unpaired) electrons. The van der Waals surface area contributed by atoms with Crippen LogP contribution in [0.15, 0.2) is 34.1 Å². The molecule has 0 bridgehead atoms. The number of halogens is 2. The highest BCUT2D eigenvalue weighted by Gasteiger charge is 2.13. The van der Waals surface area contributed by atoms with Crippen LogP contribution >= 0.6 is 38.9 Å². The third-order valence-corrected chi connectivity index (χ3v) is 4.24. The summed E-state index contributed by atoms with van der Waals surface area (Å²) in [4.78, 5) is 12.8. The van der Waals surface area contributed by atoms with Gasteiger partial charge in [0, 0.05) is 14.7 Å². The highest BCUT2D eigenvalue weighted by Crippen LogP contribution is 2.24. The molecule has 0 spiro atoms. The second kappa shape index (κ2) is 5.73. The number of para-hydroxylation sites is 1. The Hall–Kier alpha value is -1.04. The molecule has 2 rings (SSSR count). The monoisotopic (exact) mass is 345 g/mol. The molecule has 1 aromatic carbocycles. The maximum absolute atomic E-state index is 11.8. The van der Waals surface area contributed by atoms with E-state index < -0.39 is 5.97 Å². The molecule has 18 heavy (non-hydrogen) atoms. The molecule has 6 heteroatoms. The minimum atomic E-state index is -0.473. The molecule has 1 heterocycles. The van der Waals surface area contributed by atoms with Gasteiger partial charge in [0.15, 0.2) is 0 Å². The highest BCUT2D eigenvalue weighted by atomic mass is 79.9. The van der Waals surface area contributed by atoms with Crippen LogP contribution in [0, 0.1) is 0 Å². The quantitative estimate of drug-likeness (QED) is 0.672. The highest BCUT2D eigenvalue weighted by molar-refractivity contribution is 9.10. The van der Waals surface area contributed by atoms with Gasteiger partial charge < -0.3 is 10.5 Å². The first kappa shape index (κ1) is 13.4. The van der Waals surface area contributed by atoms with Crippen LogP contribution in [-0.4, -0.2) is 5.97 Å².